The molecule has 0 bridgehead atoms. The predicted molar refractivity (Wildman–Crippen MR) is 65.4 cm³/mol. The van der Waals surface area contributed by atoms with Gasteiger partial charge in [-0.1, -0.05) is 0 Å². The van der Waals surface area contributed by atoms with Crippen LogP contribution in [0.5, 0.6) is 17.2 Å². The van der Waals surface area contributed by atoms with Gasteiger partial charge < -0.3 is 25.0 Å². The quantitative estimate of drug-likeness (QED) is 0.725. The highest BCUT2D eigenvalue weighted by atomic mass is 16.5. The van der Waals surface area contributed by atoms with Crippen LogP contribution in [0.4, 0.5) is 0 Å². The number of aromatic hydroxyl groups is 1. The van der Waals surface area contributed by atoms with Gasteiger partial charge in [-0.05, 0) is 17.7 Å². The number of carboxylic acids is 1. The zero-order valence-electron chi connectivity index (χ0n) is 10.8. The molecular weight excluding hydrogens is 254 g/mol. The van der Waals surface area contributed by atoms with E-state index in [4.69, 9.17) is 14.6 Å². The van der Waals surface area contributed by atoms with Gasteiger partial charge in [0, 0.05) is 6.92 Å². The lowest BCUT2D eigenvalue weighted by Crippen LogP contribution is -2.32. The van der Waals surface area contributed by atoms with Gasteiger partial charge in [0.25, 0.3) is 0 Å². The molecule has 1 amide bonds. The SMILES string of the molecule is COc1cc([C@@H](NC(C)=O)C(=O)O)cc(OC)c1O. The van der Waals surface area contributed by atoms with Crippen LogP contribution >= 0.6 is 0 Å². The molecule has 1 atom stereocenters. The van der Waals surface area contributed by atoms with Crippen LogP contribution in [-0.2, 0) is 9.59 Å². The molecule has 1 aromatic carbocycles. The molecule has 0 saturated heterocycles. The molecule has 0 aliphatic carbocycles. The summed E-state index contributed by atoms with van der Waals surface area (Å²) in [5.74, 6) is -1.83. The van der Waals surface area contributed by atoms with Gasteiger partial charge in [-0.3, -0.25) is 4.79 Å². The topological polar surface area (TPSA) is 105 Å². The lowest BCUT2D eigenvalue weighted by Gasteiger charge is -2.17. The molecule has 0 unspecified atom stereocenters. The van der Waals surface area contributed by atoms with Crippen molar-refractivity contribution in [2.75, 3.05) is 14.2 Å². The highest BCUT2D eigenvalue weighted by Gasteiger charge is 2.24. The molecule has 0 aliphatic heterocycles. The number of carbonyl (C=O) groups is 2. The summed E-state index contributed by atoms with van der Waals surface area (Å²) < 4.78 is 9.85. The first kappa shape index (κ1) is 14.6. The van der Waals surface area contributed by atoms with Gasteiger partial charge in [-0.2, -0.15) is 0 Å². The van der Waals surface area contributed by atoms with E-state index >= 15 is 0 Å². The van der Waals surface area contributed by atoms with Gasteiger partial charge in [0.2, 0.25) is 11.7 Å². The summed E-state index contributed by atoms with van der Waals surface area (Å²) >= 11 is 0. The van der Waals surface area contributed by atoms with Gasteiger partial charge in [-0.25, -0.2) is 4.79 Å². The van der Waals surface area contributed by atoms with Crippen LogP contribution in [0.15, 0.2) is 12.1 Å². The maximum atomic E-state index is 11.2. The van der Waals surface area contributed by atoms with Crippen molar-refractivity contribution in [3.05, 3.63) is 17.7 Å². The van der Waals surface area contributed by atoms with Crippen molar-refractivity contribution >= 4 is 11.9 Å². The fourth-order valence-electron chi connectivity index (χ4n) is 1.57. The van der Waals surface area contributed by atoms with Crippen LogP contribution in [0, 0.1) is 0 Å². The Morgan fingerprint density at radius 2 is 1.68 bits per heavy atom. The van der Waals surface area contributed by atoms with E-state index in [2.05, 4.69) is 5.32 Å². The van der Waals surface area contributed by atoms with E-state index in [1.54, 1.807) is 0 Å². The molecule has 7 nitrogen and oxygen atoms in total. The molecular formula is C12H15NO6. The molecule has 1 aromatic rings. The molecule has 0 spiro atoms. The number of carboxylic acid groups (broad SMARTS) is 1. The smallest absolute Gasteiger partial charge is 0.330 e. The molecule has 0 aliphatic rings. The molecule has 0 fully saturated rings. The molecule has 0 saturated carbocycles. The summed E-state index contributed by atoms with van der Waals surface area (Å²) in [6.45, 7) is 1.21. The number of hydrogen-bond donors (Lipinski definition) is 3. The fourth-order valence-corrected chi connectivity index (χ4v) is 1.57. The van der Waals surface area contributed by atoms with Gasteiger partial charge in [0.1, 0.15) is 0 Å². The van der Waals surface area contributed by atoms with Crippen LogP contribution in [0.2, 0.25) is 0 Å². The van der Waals surface area contributed by atoms with Crippen LogP contribution < -0.4 is 14.8 Å². The number of phenolic OH excluding ortho intramolecular Hbond substituents is 1. The Bertz CT molecular complexity index is 474. The van der Waals surface area contributed by atoms with Crippen molar-refractivity contribution in [3.63, 3.8) is 0 Å². The first-order valence-electron chi connectivity index (χ1n) is 5.35. The number of amides is 1. The predicted octanol–water partition coefficient (Wildman–Crippen LogP) is 0.671. The Morgan fingerprint density at radius 3 is 2.00 bits per heavy atom. The second-order valence-corrected chi connectivity index (χ2v) is 3.75. The number of benzene rings is 1. The van der Waals surface area contributed by atoms with Gasteiger partial charge >= 0.3 is 5.97 Å². The minimum absolute atomic E-state index is 0.0611. The number of carbonyl (C=O) groups excluding carboxylic acids is 1. The number of hydrogen-bond acceptors (Lipinski definition) is 5. The van der Waals surface area contributed by atoms with E-state index in [-0.39, 0.29) is 22.8 Å². The van der Waals surface area contributed by atoms with E-state index in [0.717, 1.165) is 0 Å². The molecule has 7 heteroatoms. The van der Waals surface area contributed by atoms with Crippen molar-refractivity contribution in [1.82, 2.24) is 5.32 Å². The standard InChI is InChI=1S/C12H15NO6/c1-6(14)13-10(12(16)17)7-4-8(18-2)11(15)9(5-7)19-3/h4-5,10,15H,1-3H3,(H,13,14)(H,16,17)/t10-/m1/s1. The largest absolute Gasteiger partial charge is 0.502 e. The Kier molecular flexibility index (Phi) is 4.57. The third-order valence-corrected chi connectivity index (χ3v) is 2.43. The zero-order valence-corrected chi connectivity index (χ0v) is 10.8. The number of rotatable bonds is 5. The van der Waals surface area contributed by atoms with Crippen molar-refractivity contribution in [3.8, 4) is 17.2 Å². The first-order valence-corrected chi connectivity index (χ1v) is 5.35. The number of phenols is 1. The highest BCUT2D eigenvalue weighted by molar-refractivity contribution is 5.83. The lowest BCUT2D eigenvalue weighted by molar-refractivity contribution is -0.141. The number of methoxy groups -OCH3 is 2. The van der Waals surface area contributed by atoms with E-state index in [0.29, 0.717) is 0 Å². The lowest BCUT2D eigenvalue weighted by atomic mass is 10.1. The Labute approximate surface area is 109 Å². The van der Waals surface area contributed by atoms with Crippen LogP contribution in [0.1, 0.15) is 18.5 Å². The van der Waals surface area contributed by atoms with Crippen LogP contribution in [0.3, 0.4) is 0 Å². The van der Waals surface area contributed by atoms with E-state index < -0.39 is 17.9 Å². The summed E-state index contributed by atoms with van der Waals surface area (Å²) in [5, 5.41) is 21.1. The van der Waals surface area contributed by atoms with Gasteiger partial charge in [-0.15, -0.1) is 0 Å². The van der Waals surface area contributed by atoms with E-state index in [1.165, 1.54) is 33.3 Å². The summed E-state index contributed by atoms with van der Waals surface area (Å²) in [6, 6.07) is 1.40. The normalized spacial score (nSPS) is 11.5. The summed E-state index contributed by atoms with van der Waals surface area (Å²) in [7, 11) is 2.65. The maximum Gasteiger partial charge on any atom is 0.330 e. The minimum Gasteiger partial charge on any atom is -0.502 e. The van der Waals surface area contributed by atoms with Gasteiger partial charge in [0.05, 0.1) is 14.2 Å². The molecule has 1 rings (SSSR count). The Hall–Kier alpha value is -2.44. The second kappa shape index (κ2) is 5.94. The maximum absolute atomic E-state index is 11.2. The average molecular weight is 269 g/mol. The third-order valence-electron chi connectivity index (χ3n) is 2.43. The minimum atomic E-state index is -1.25. The van der Waals surface area contributed by atoms with Crippen molar-refractivity contribution in [2.24, 2.45) is 0 Å². The van der Waals surface area contributed by atoms with Crippen molar-refractivity contribution in [2.45, 2.75) is 13.0 Å². The van der Waals surface area contributed by atoms with Crippen molar-refractivity contribution in [1.29, 1.82) is 0 Å². The van der Waals surface area contributed by atoms with Crippen molar-refractivity contribution < 1.29 is 29.3 Å². The highest BCUT2D eigenvalue weighted by Crippen LogP contribution is 2.38. The molecule has 0 aromatic heterocycles. The number of ether oxygens (including phenoxy) is 2. The number of nitrogens with one attached hydrogen (secondary N) is 1. The molecule has 104 valence electrons. The molecule has 3 N–H and O–H groups in total. The average Bonchev–Trinajstić information content (AvgIpc) is 2.36. The van der Waals surface area contributed by atoms with Crippen LogP contribution in [-0.4, -0.2) is 36.3 Å². The summed E-state index contributed by atoms with van der Waals surface area (Å²) in [4.78, 5) is 22.2. The molecule has 0 radical (unpaired) electrons. The monoisotopic (exact) mass is 269 g/mol. The molecule has 0 heterocycles. The zero-order chi connectivity index (χ0) is 14.6. The van der Waals surface area contributed by atoms with E-state index in [9.17, 15) is 14.7 Å². The fraction of sp³-hybridized carbons (Fsp3) is 0.333. The second-order valence-electron chi connectivity index (χ2n) is 3.75. The summed E-state index contributed by atoms with van der Waals surface area (Å²) in [5.41, 5.74) is 0.231. The van der Waals surface area contributed by atoms with E-state index in [1.807, 2.05) is 0 Å². The molecule has 19 heavy (non-hydrogen) atoms. The third kappa shape index (κ3) is 3.27. The Morgan fingerprint density at radius 1 is 1.21 bits per heavy atom. The first-order chi connectivity index (χ1) is 8.90. The Balaban J connectivity index is 3.30. The van der Waals surface area contributed by atoms with Gasteiger partial charge in [0.15, 0.2) is 17.5 Å². The summed E-state index contributed by atoms with van der Waals surface area (Å²) in [6.07, 6.45) is 0. The number of aliphatic carboxylic acids is 1. The van der Waals surface area contributed by atoms with Crippen LogP contribution in [0.25, 0.3) is 0 Å².